The molecule has 0 fully saturated rings. The Morgan fingerprint density at radius 3 is 2.38 bits per heavy atom. The van der Waals surface area contributed by atoms with E-state index in [0.29, 0.717) is 6.42 Å². The number of aryl methyl sites for hydroxylation is 2. The van der Waals surface area contributed by atoms with Crippen molar-refractivity contribution in [3.63, 3.8) is 0 Å². The van der Waals surface area contributed by atoms with Crippen LogP contribution in [0.1, 0.15) is 35.3 Å². The Morgan fingerprint density at radius 1 is 1.24 bits per heavy atom. The van der Waals surface area contributed by atoms with Crippen molar-refractivity contribution >= 4 is 0 Å². The average molecular weight is 297 g/mol. The molecule has 0 bridgehead atoms. The van der Waals surface area contributed by atoms with Crippen LogP contribution >= 0.6 is 0 Å². The third-order valence-electron chi connectivity index (χ3n) is 3.41. The lowest BCUT2D eigenvalue weighted by molar-refractivity contribution is -0.137. The molecule has 6 heteroatoms. The van der Waals surface area contributed by atoms with Crippen molar-refractivity contribution in [2.75, 3.05) is 0 Å². The molecule has 1 atom stereocenters. The molecule has 1 aromatic heterocycles. The molecule has 2 rings (SSSR count). The van der Waals surface area contributed by atoms with E-state index in [1.807, 2.05) is 20.2 Å². The molecule has 2 N–H and O–H groups in total. The SMILES string of the molecule is CCc1nn(C)cc1C(N)Cc1ccc(C(F)(F)F)cc1. The highest BCUT2D eigenvalue weighted by Crippen LogP contribution is 2.29. The van der Waals surface area contributed by atoms with Crippen LogP contribution < -0.4 is 5.73 Å². The molecule has 0 aliphatic carbocycles. The maximum absolute atomic E-state index is 12.5. The predicted molar refractivity (Wildman–Crippen MR) is 74.7 cm³/mol. The molecule has 2 aromatic rings. The lowest BCUT2D eigenvalue weighted by Gasteiger charge is -2.12. The van der Waals surface area contributed by atoms with Crippen molar-refractivity contribution < 1.29 is 13.2 Å². The van der Waals surface area contributed by atoms with Crippen LogP contribution in [0.5, 0.6) is 0 Å². The Bertz CT molecular complexity index is 600. The normalized spacial score (nSPS) is 13.4. The first-order valence-electron chi connectivity index (χ1n) is 6.75. The van der Waals surface area contributed by atoms with Crippen LogP contribution in [0.2, 0.25) is 0 Å². The fourth-order valence-corrected chi connectivity index (χ4v) is 2.33. The average Bonchev–Trinajstić information content (AvgIpc) is 2.79. The molecule has 1 heterocycles. The number of nitrogens with two attached hydrogens (primary N) is 1. The maximum Gasteiger partial charge on any atom is 0.416 e. The Kier molecular flexibility index (Phi) is 4.37. The van der Waals surface area contributed by atoms with Gasteiger partial charge in [-0.05, 0) is 30.5 Å². The molecule has 3 nitrogen and oxygen atoms in total. The number of aromatic nitrogens is 2. The minimum Gasteiger partial charge on any atom is -0.324 e. The highest BCUT2D eigenvalue weighted by Gasteiger charge is 2.30. The maximum atomic E-state index is 12.5. The summed E-state index contributed by atoms with van der Waals surface area (Å²) >= 11 is 0. The predicted octanol–water partition coefficient (Wildman–Crippen LogP) is 3.24. The highest BCUT2D eigenvalue weighted by atomic mass is 19.4. The molecule has 0 saturated heterocycles. The largest absolute Gasteiger partial charge is 0.416 e. The lowest BCUT2D eigenvalue weighted by atomic mass is 9.98. The van der Waals surface area contributed by atoms with Crippen LogP contribution in [0.3, 0.4) is 0 Å². The molecule has 0 aliphatic heterocycles. The van der Waals surface area contributed by atoms with Gasteiger partial charge in [-0.25, -0.2) is 0 Å². The monoisotopic (exact) mass is 297 g/mol. The third kappa shape index (κ3) is 3.64. The van der Waals surface area contributed by atoms with E-state index in [1.54, 1.807) is 4.68 Å². The van der Waals surface area contributed by atoms with E-state index in [9.17, 15) is 13.2 Å². The van der Waals surface area contributed by atoms with Gasteiger partial charge in [-0.1, -0.05) is 19.1 Å². The van der Waals surface area contributed by atoms with Crippen molar-refractivity contribution in [2.24, 2.45) is 12.8 Å². The second-order valence-corrected chi connectivity index (χ2v) is 5.06. The zero-order chi connectivity index (χ0) is 15.6. The summed E-state index contributed by atoms with van der Waals surface area (Å²) in [7, 11) is 1.83. The zero-order valence-electron chi connectivity index (χ0n) is 12.0. The molecular formula is C15H18F3N3. The summed E-state index contributed by atoms with van der Waals surface area (Å²) in [5, 5.41) is 4.33. The van der Waals surface area contributed by atoms with Gasteiger partial charge in [0, 0.05) is 24.8 Å². The highest BCUT2D eigenvalue weighted by molar-refractivity contribution is 5.28. The van der Waals surface area contributed by atoms with E-state index < -0.39 is 11.7 Å². The van der Waals surface area contributed by atoms with E-state index in [0.717, 1.165) is 35.4 Å². The first-order valence-corrected chi connectivity index (χ1v) is 6.75. The molecule has 0 spiro atoms. The fraction of sp³-hybridized carbons (Fsp3) is 0.400. The van der Waals surface area contributed by atoms with Gasteiger partial charge in [0.05, 0.1) is 11.3 Å². The second-order valence-electron chi connectivity index (χ2n) is 5.06. The Labute approximate surface area is 121 Å². The van der Waals surface area contributed by atoms with Gasteiger partial charge in [-0.15, -0.1) is 0 Å². The van der Waals surface area contributed by atoms with Crippen LogP contribution in [0.4, 0.5) is 13.2 Å². The minimum absolute atomic E-state index is 0.273. The van der Waals surface area contributed by atoms with Crippen molar-refractivity contribution in [3.05, 3.63) is 52.8 Å². The van der Waals surface area contributed by atoms with Gasteiger partial charge in [-0.3, -0.25) is 4.68 Å². The van der Waals surface area contributed by atoms with E-state index in [4.69, 9.17) is 5.73 Å². The molecule has 114 valence electrons. The van der Waals surface area contributed by atoms with Gasteiger partial charge in [0.15, 0.2) is 0 Å². The molecule has 0 saturated carbocycles. The summed E-state index contributed by atoms with van der Waals surface area (Å²) in [6, 6.07) is 4.86. The number of hydrogen-bond acceptors (Lipinski definition) is 2. The van der Waals surface area contributed by atoms with Gasteiger partial charge in [0.2, 0.25) is 0 Å². The van der Waals surface area contributed by atoms with Crippen LogP contribution in [0.15, 0.2) is 30.5 Å². The van der Waals surface area contributed by atoms with E-state index in [-0.39, 0.29) is 6.04 Å². The van der Waals surface area contributed by atoms with Gasteiger partial charge in [0.25, 0.3) is 0 Å². The topological polar surface area (TPSA) is 43.8 Å². The van der Waals surface area contributed by atoms with Gasteiger partial charge in [0.1, 0.15) is 0 Å². The molecule has 0 radical (unpaired) electrons. The summed E-state index contributed by atoms with van der Waals surface area (Å²) in [6.45, 7) is 2.00. The van der Waals surface area contributed by atoms with Crippen LogP contribution in [-0.2, 0) is 26.1 Å². The number of rotatable bonds is 4. The van der Waals surface area contributed by atoms with Crippen LogP contribution in [-0.4, -0.2) is 9.78 Å². The first kappa shape index (κ1) is 15.6. The minimum atomic E-state index is -4.31. The standard InChI is InChI=1S/C15H18F3N3/c1-3-14-12(9-21(2)20-14)13(19)8-10-4-6-11(7-5-10)15(16,17)18/h4-7,9,13H,3,8,19H2,1-2H3. The summed E-state index contributed by atoms with van der Waals surface area (Å²) in [5.74, 6) is 0. The Morgan fingerprint density at radius 2 is 1.86 bits per heavy atom. The van der Waals surface area contributed by atoms with Crippen molar-refractivity contribution in [3.8, 4) is 0 Å². The number of nitrogens with zero attached hydrogens (tertiary/aromatic N) is 2. The second kappa shape index (κ2) is 5.89. The van der Waals surface area contributed by atoms with Gasteiger partial charge in [-0.2, -0.15) is 18.3 Å². The quantitative estimate of drug-likeness (QED) is 0.941. The van der Waals surface area contributed by atoms with Crippen LogP contribution in [0.25, 0.3) is 0 Å². The van der Waals surface area contributed by atoms with Gasteiger partial charge < -0.3 is 5.73 Å². The van der Waals surface area contributed by atoms with E-state index in [1.165, 1.54) is 12.1 Å². The number of hydrogen-bond donors (Lipinski definition) is 1. The van der Waals surface area contributed by atoms with Gasteiger partial charge >= 0.3 is 6.18 Å². The molecule has 0 amide bonds. The van der Waals surface area contributed by atoms with Crippen molar-refractivity contribution in [1.82, 2.24) is 9.78 Å². The summed E-state index contributed by atoms with van der Waals surface area (Å²) in [5.41, 5.74) is 8.17. The molecule has 1 aromatic carbocycles. The van der Waals surface area contributed by atoms with Crippen molar-refractivity contribution in [2.45, 2.75) is 32.0 Å². The van der Waals surface area contributed by atoms with Crippen molar-refractivity contribution in [1.29, 1.82) is 0 Å². The molecular weight excluding hydrogens is 279 g/mol. The molecule has 0 aliphatic rings. The summed E-state index contributed by atoms with van der Waals surface area (Å²) in [4.78, 5) is 0. The van der Waals surface area contributed by atoms with E-state index >= 15 is 0 Å². The lowest BCUT2D eigenvalue weighted by Crippen LogP contribution is -2.14. The number of benzene rings is 1. The number of halogens is 3. The fourth-order valence-electron chi connectivity index (χ4n) is 2.33. The molecule has 21 heavy (non-hydrogen) atoms. The third-order valence-corrected chi connectivity index (χ3v) is 3.41. The summed E-state index contributed by atoms with van der Waals surface area (Å²) in [6.07, 6.45) is -1.18. The van der Waals surface area contributed by atoms with Crippen LogP contribution in [0, 0.1) is 0 Å². The zero-order valence-corrected chi connectivity index (χ0v) is 12.0. The van der Waals surface area contributed by atoms with E-state index in [2.05, 4.69) is 5.10 Å². The Hall–Kier alpha value is -1.82. The Balaban J connectivity index is 2.14. The molecule has 1 unspecified atom stereocenters. The smallest absolute Gasteiger partial charge is 0.324 e. The first-order chi connectivity index (χ1) is 9.81. The summed E-state index contributed by atoms with van der Waals surface area (Å²) < 4.78 is 39.2. The number of alkyl halides is 3.